The molecule has 0 spiro atoms. The molecule has 1 aromatic heterocycles. The van der Waals surface area contributed by atoms with Gasteiger partial charge in [0.25, 0.3) is 5.91 Å². The first-order chi connectivity index (χ1) is 10.1. The van der Waals surface area contributed by atoms with Crippen LogP contribution in [0.4, 0.5) is 5.69 Å². The van der Waals surface area contributed by atoms with E-state index in [0.717, 1.165) is 37.7 Å². The zero-order chi connectivity index (χ0) is 15.2. The molecular formula is C17H27N3O. The maximum Gasteiger partial charge on any atom is 0.252 e. The van der Waals surface area contributed by atoms with Crippen molar-refractivity contribution in [2.75, 3.05) is 24.5 Å². The van der Waals surface area contributed by atoms with Gasteiger partial charge in [0.05, 0.1) is 17.4 Å². The molecular weight excluding hydrogens is 262 g/mol. The number of hydrogen-bond acceptors (Lipinski definition) is 3. The molecule has 4 heteroatoms. The highest BCUT2D eigenvalue weighted by molar-refractivity contribution is 5.94. The average Bonchev–Trinajstić information content (AvgIpc) is 2.47. The highest BCUT2D eigenvalue weighted by Gasteiger charge is 2.17. The third-order valence-corrected chi connectivity index (χ3v) is 4.14. The molecule has 21 heavy (non-hydrogen) atoms. The van der Waals surface area contributed by atoms with Crippen LogP contribution in [0.2, 0.25) is 0 Å². The van der Waals surface area contributed by atoms with Crippen LogP contribution in [0.5, 0.6) is 0 Å². The van der Waals surface area contributed by atoms with Crippen LogP contribution in [0.3, 0.4) is 0 Å². The molecule has 2 rings (SSSR count). The van der Waals surface area contributed by atoms with Gasteiger partial charge in [-0.3, -0.25) is 9.78 Å². The molecule has 0 atom stereocenters. The Bertz CT molecular complexity index is 465. The lowest BCUT2D eigenvalue weighted by Crippen LogP contribution is -2.33. The number of nitrogens with zero attached hydrogens (tertiary/aromatic N) is 2. The number of carbonyl (C=O) groups is 1. The molecule has 0 radical (unpaired) electrons. The molecule has 2 heterocycles. The van der Waals surface area contributed by atoms with Crippen LogP contribution in [0.1, 0.15) is 50.4 Å². The summed E-state index contributed by atoms with van der Waals surface area (Å²) in [6, 6.07) is 1.97. The minimum Gasteiger partial charge on any atom is -0.370 e. The quantitative estimate of drug-likeness (QED) is 0.906. The molecule has 1 aliphatic heterocycles. The average molecular weight is 289 g/mol. The van der Waals surface area contributed by atoms with Crippen molar-refractivity contribution >= 4 is 11.6 Å². The van der Waals surface area contributed by atoms with E-state index in [0.29, 0.717) is 11.5 Å². The van der Waals surface area contributed by atoms with Gasteiger partial charge in [0.2, 0.25) is 0 Å². The van der Waals surface area contributed by atoms with Gasteiger partial charge < -0.3 is 10.2 Å². The first kappa shape index (κ1) is 15.8. The van der Waals surface area contributed by atoms with Crippen LogP contribution in [0, 0.1) is 11.8 Å². The molecule has 1 fully saturated rings. The van der Waals surface area contributed by atoms with Gasteiger partial charge in [-0.05, 0) is 37.2 Å². The Morgan fingerprint density at radius 1 is 1.38 bits per heavy atom. The number of rotatable bonds is 5. The van der Waals surface area contributed by atoms with Gasteiger partial charge >= 0.3 is 0 Å². The fourth-order valence-electron chi connectivity index (χ4n) is 2.57. The van der Waals surface area contributed by atoms with E-state index in [-0.39, 0.29) is 5.91 Å². The summed E-state index contributed by atoms with van der Waals surface area (Å²) in [5.41, 5.74) is 1.73. The van der Waals surface area contributed by atoms with Gasteiger partial charge in [0, 0.05) is 25.8 Å². The van der Waals surface area contributed by atoms with E-state index in [2.05, 4.69) is 36.0 Å². The molecule has 1 aliphatic rings. The monoisotopic (exact) mass is 289 g/mol. The van der Waals surface area contributed by atoms with Crippen molar-refractivity contribution in [2.45, 2.75) is 40.0 Å². The van der Waals surface area contributed by atoms with Crippen molar-refractivity contribution < 1.29 is 4.79 Å². The molecule has 0 bridgehead atoms. The van der Waals surface area contributed by atoms with Crippen LogP contribution in [0.15, 0.2) is 18.5 Å². The summed E-state index contributed by atoms with van der Waals surface area (Å²) in [4.78, 5) is 18.7. The zero-order valence-corrected chi connectivity index (χ0v) is 13.4. The second-order valence-electron chi connectivity index (χ2n) is 6.54. The lowest BCUT2D eigenvalue weighted by atomic mass is 9.99. The summed E-state index contributed by atoms with van der Waals surface area (Å²) in [5, 5.41) is 2.97. The molecule has 4 nitrogen and oxygen atoms in total. The van der Waals surface area contributed by atoms with Crippen molar-refractivity contribution in [1.29, 1.82) is 0 Å². The molecule has 1 aromatic rings. The molecule has 0 saturated carbocycles. The standard InChI is InChI=1S/C17H27N3O/c1-13(2)4-7-19-17(21)15-10-16(12-18-11-15)20-8-5-14(3)6-9-20/h10-14H,4-9H2,1-3H3,(H,19,21). The van der Waals surface area contributed by atoms with Gasteiger partial charge in [-0.2, -0.15) is 0 Å². The maximum atomic E-state index is 12.1. The van der Waals surface area contributed by atoms with Gasteiger partial charge in [-0.25, -0.2) is 0 Å². The van der Waals surface area contributed by atoms with Crippen molar-refractivity contribution in [1.82, 2.24) is 10.3 Å². The second-order valence-corrected chi connectivity index (χ2v) is 6.54. The molecule has 1 amide bonds. The van der Waals surface area contributed by atoms with Crippen LogP contribution < -0.4 is 10.2 Å². The highest BCUT2D eigenvalue weighted by Crippen LogP contribution is 2.22. The lowest BCUT2D eigenvalue weighted by molar-refractivity contribution is 0.0951. The van der Waals surface area contributed by atoms with E-state index < -0.39 is 0 Å². The Hall–Kier alpha value is -1.58. The normalized spacial score (nSPS) is 16.3. The summed E-state index contributed by atoms with van der Waals surface area (Å²) >= 11 is 0. The number of aromatic nitrogens is 1. The minimum atomic E-state index is -0.0182. The number of piperidine rings is 1. The summed E-state index contributed by atoms with van der Waals surface area (Å²) in [7, 11) is 0. The molecule has 0 aliphatic carbocycles. The number of anilines is 1. The number of nitrogens with one attached hydrogen (secondary N) is 1. The van der Waals surface area contributed by atoms with E-state index in [4.69, 9.17) is 0 Å². The lowest BCUT2D eigenvalue weighted by Gasteiger charge is -2.32. The fraction of sp³-hybridized carbons (Fsp3) is 0.647. The molecule has 116 valence electrons. The summed E-state index contributed by atoms with van der Waals surface area (Å²) in [5.74, 6) is 1.39. The van der Waals surface area contributed by atoms with Gasteiger partial charge in [-0.1, -0.05) is 20.8 Å². The van der Waals surface area contributed by atoms with E-state index >= 15 is 0 Å². The Balaban J connectivity index is 1.95. The van der Waals surface area contributed by atoms with Crippen LogP contribution >= 0.6 is 0 Å². The van der Waals surface area contributed by atoms with Gasteiger partial charge in [0.15, 0.2) is 0 Å². The molecule has 1 N–H and O–H groups in total. The highest BCUT2D eigenvalue weighted by atomic mass is 16.1. The third kappa shape index (κ3) is 4.73. The van der Waals surface area contributed by atoms with E-state index in [1.54, 1.807) is 6.20 Å². The first-order valence-corrected chi connectivity index (χ1v) is 8.04. The predicted octanol–water partition coefficient (Wildman–Crippen LogP) is 3.09. The number of amides is 1. The fourth-order valence-corrected chi connectivity index (χ4v) is 2.57. The predicted molar refractivity (Wildman–Crippen MR) is 86.6 cm³/mol. The summed E-state index contributed by atoms with van der Waals surface area (Å²) < 4.78 is 0. The van der Waals surface area contributed by atoms with Crippen LogP contribution in [-0.4, -0.2) is 30.5 Å². The second kappa shape index (κ2) is 7.43. The molecule has 1 saturated heterocycles. The maximum absolute atomic E-state index is 12.1. The summed E-state index contributed by atoms with van der Waals surface area (Å²) in [6.07, 6.45) is 6.94. The number of hydrogen-bond donors (Lipinski definition) is 1. The minimum absolute atomic E-state index is 0.0182. The van der Waals surface area contributed by atoms with Crippen LogP contribution in [-0.2, 0) is 0 Å². The Morgan fingerprint density at radius 3 is 2.76 bits per heavy atom. The van der Waals surface area contributed by atoms with Gasteiger partial charge in [-0.15, -0.1) is 0 Å². The third-order valence-electron chi connectivity index (χ3n) is 4.14. The van der Waals surface area contributed by atoms with Crippen molar-refractivity contribution in [2.24, 2.45) is 11.8 Å². The SMILES string of the molecule is CC(C)CCNC(=O)c1cncc(N2CCC(C)CC2)c1. The van der Waals surface area contributed by atoms with Crippen molar-refractivity contribution in [3.63, 3.8) is 0 Å². The number of carbonyl (C=O) groups excluding carboxylic acids is 1. The van der Waals surface area contributed by atoms with E-state index in [1.165, 1.54) is 12.8 Å². The van der Waals surface area contributed by atoms with Crippen molar-refractivity contribution in [3.8, 4) is 0 Å². The smallest absolute Gasteiger partial charge is 0.252 e. The Kier molecular flexibility index (Phi) is 5.59. The van der Waals surface area contributed by atoms with E-state index in [9.17, 15) is 4.79 Å². The molecule has 0 aromatic carbocycles. The first-order valence-electron chi connectivity index (χ1n) is 8.04. The summed E-state index contributed by atoms with van der Waals surface area (Å²) in [6.45, 7) is 9.45. The zero-order valence-electron chi connectivity index (χ0n) is 13.4. The van der Waals surface area contributed by atoms with E-state index in [1.807, 2.05) is 12.3 Å². The largest absolute Gasteiger partial charge is 0.370 e. The van der Waals surface area contributed by atoms with Crippen LogP contribution in [0.25, 0.3) is 0 Å². The molecule has 0 unspecified atom stereocenters. The van der Waals surface area contributed by atoms with Gasteiger partial charge in [0.1, 0.15) is 0 Å². The Morgan fingerprint density at radius 2 is 2.10 bits per heavy atom. The van der Waals surface area contributed by atoms with Crippen molar-refractivity contribution in [3.05, 3.63) is 24.0 Å². The topological polar surface area (TPSA) is 45.2 Å². The number of pyridine rings is 1. The Labute approximate surface area is 127 Å².